The average Bonchev–Trinajstić information content (AvgIpc) is 2.33. The number of carbonyl (C=O) groups is 1. The van der Waals surface area contributed by atoms with Crippen LogP contribution in [0.2, 0.25) is 0 Å². The SMILES string of the molecule is Cc1cccc(-c2ccc(CC(=O)O)cn2)c1C. The molecule has 0 aliphatic heterocycles. The number of carboxylic acids is 1. The summed E-state index contributed by atoms with van der Waals surface area (Å²) in [7, 11) is 0. The molecule has 18 heavy (non-hydrogen) atoms. The molecule has 1 aromatic carbocycles. The van der Waals surface area contributed by atoms with E-state index in [0.29, 0.717) is 0 Å². The van der Waals surface area contributed by atoms with Crippen molar-refractivity contribution in [2.75, 3.05) is 0 Å². The minimum atomic E-state index is -0.837. The first-order valence-corrected chi connectivity index (χ1v) is 5.81. The fraction of sp³-hybridized carbons (Fsp3) is 0.200. The first-order chi connectivity index (χ1) is 8.58. The molecule has 2 rings (SSSR count). The summed E-state index contributed by atoms with van der Waals surface area (Å²) in [4.78, 5) is 14.9. The average molecular weight is 241 g/mol. The van der Waals surface area contributed by atoms with Crippen molar-refractivity contribution in [2.24, 2.45) is 0 Å². The summed E-state index contributed by atoms with van der Waals surface area (Å²) < 4.78 is 0. The first-order valence-electron chi connectivity index (χ1n) is 5.81. The Kier molecular flexibility index (Phi) is 3.42. The van der Waals surface area contributed by atoms with Gasteiger partial charge in [0.15, 0.2) is 0 Å². The third kappa shape index (κ3) is 2.56. The van der Waals surface area contributed by atoms with E-state index in [-0.39, 0.29) is 6.42 Å². The summed E-state index contributed by atoms with van der Waals surface area (Å²) in [5, 5.41) is 8.71. The molecule has 0 aliphatic rings. The summed E-state index contributed by atoms with van der Waals surface area (Å²) in [6.45, 7) is 4.13. The summed E-state index contributed by atoms with van der Waals surface area (Å²) in [6.07, 6.45) is 1.64. The van der Waals surface area contributed by atoms with Crippen LogP contribution in [0, 0.1) is 13.8 Å². The lowest BCUT2D eigenvalue weighted by molar-refractivity contribution is -0.136. The number of carboxylic acid groups (broad SMARTS) is 1. The zero-order chi connectivity index (χ0) is 13.1. The van der Waals surface area contributed by atoms with E-state index in [1.165, 1.54) is 11.1 Å². The van der Waals surface area contributed by atoms with E-state index in [1.807, 2.05) is 24.3 Å². The molecule has 0 bridgehead atoms. The van der Waals surface area contributed by atoms with Crippen molar-refractivity contribution in [1.29, 1.82) is 0 Å². The highest BCUT2D eigenvalue weighted by molar-refractivity contribution is 5.70. The van der Waals surface area contributed by atoms with Crippen LogP contribution in [0.15, 0.2) is 36.5 Å². The van der Waals surface area contributed by atoms with Crippen LogP contribution >= 0.6 is 0 Å². The van der Waals surface area contributed by atoms with Gasteiger partial charge in [-0.1, -0.05) is 24.3 Å². The zero-order valence-electron chi connectivity index (χ0n) is 10.5. The quantitative estimate of drug-likeness (QED) is 0.898. The van der Waals surface area contributed by atoms with Crippen molar-refractivity contribution in [1.82, 2.24) is 4.98 Å². The fourth-order valence-corrected chi connectivity index (χ4v) is 1.89. The number of aliphatic carboxylic acids is 1. The van der Waals surface area contributed by atoms with Gasteiger partial charge in [-0.2, -0.15) is 0 Å². The van der Waals surface area contributed by atoms with Crippen molar-refractivity contribution in [3.63, 3.8) is 0 Å². The maximum Gasteiger partial charge on any atom is 0.307 e. The molecule has 0 fully saturated rings. The highest BCUT2D eigenvalue weighted by Crippen LogP contribution is 2.23. The highest BCUT2D eigenvalue weighted by Gasteiger charge is 2.06. The van der Waals surface area contributed by atoms with E-state index >= 15 is 0 Å². The maximum absolute atomic E-state index is 10.6. The molecule has 0 radical (unpaired) electrons. The summed E-state index contributed by atoms with van der Waals surface area (Å²) in [5.41, 5.74) is 5.12. The van der Waals surface area contributed by atoms with Crippen molar-refractivity contribution in [3.05, 3.63) is 53.2 Å². The Hall–Kier alpha value is -2.16. The van der Waals surface area contributed by atoms with Crippen LogP contribution in [0.4, 0.5) is 0 Å². The van der Waals surface area contributed by atoms with E-state index in [4.69, 9.17) is 5.11 Å². The van der Waals surface area contributed by atoms with E-state index in [9.17, 15) is 4.79 Å². The Balaban J connectivity index is 2.34. The van der Waals surface area contributed by atoms with Crippen molar-refractivity contribution in [2.45, 2.75) is 20.3 Å². The van der Waals surface area contributed by atoms with Gasteiger partial charge in [0.2, 0.25) is 0 Å². The number of hydrogen-bond donors (Lipinski definition) is 1. The Morgan fingerprint density at radius 1 is 1.22 bits per heavy atom. The molecular formula is C15H15NO2. The Morgan fingerprint density at radius 3 is 2.61 bits per heavy atom. The zero-order valence-corrected chi connectivity index (χ0v) is 10.5. The summed E-state index contributed by atoms with van der Waals surface area (Å²) in [5.74, 6) is -0.837. The van der Waals surface area contributed by atoms with Gasteiger partial charge in [0.05, 0.1) is 12.1 Å². The molecule has 3 nitrogen and oxygen atoms in total. The molecular weight excluding hydrogens is 226 g/mol. The van der Waals surface area contributed by atoms with Gasteiger partial charge in [-0.15, -0.1) is 0 Å². The number of benzene rings is 1. The van der Waals surface area contributed by atoms with E-state index < -0.39 is 5.97 Å². The van der Waals surface area contributed by atoms with Crippen LogP contribution in [0.3, 0.4) is 0 Å². The minimum Gasteiger partial charge on any atom is -0.481 e. The van der Waals surface area contributed by atoms with Gasteiger partial charge >= 0.3 is 5.97 Å². The number of aromatic nitrogens is 1. The van der Waals surface area contributed by atoms with E-state index in [1.54, 1.807) is 6.20 Å². The number of rotatable bonds is 3. The molecule has 1 aromatic heterocycles. The van der Waals surface area contributed by atoms with Crippen LogP contribution < -0.4 is 0 Å². The van der Waals surface area contributed by atoms with Crippen LogP contribution in [0.1, 0.15) is 16.7 Å². The Labute approximate surface area is 106 Å². The molecule has 92 valence electrons. The van der Waals surface area contributed by atoms with Crippen LogP contribution in [0.5, 0.6) is 0 Å². The van der Waals surface area contributed by atoms with Crippen molar-refractivity contribution >= 4 is 5.97 Å². The number of nitrogens with zero attached hydrogens (tertiary/aromatic N) is 1. The molecule has 0 aliphatic carbocycles. The molecule has 1 heterocycles. The smallest absolute Gasteiger partial charge is 0.307 e. The normalized spacial score (nSPS) is 10.3. The summed E-state index contributed by atoms with van der Waals surface area (Å²) >= 11 is 0. The Bertz CT molecular complexity index is 574. The molecule has 2 aromatic rings. The second kappa shape index (κ2) is 5.00. The Morgan fingerprint density at radius 2 is 2.00 bits per heavy atom. The third-order valence-electron chi connectivity index (χ3n) is 3.06. The van der Waals surface area contributed by atoms with E-state index in [0.717, 1.165) is 16.8 Å². The fourth-order valence-electron chi connectivity index (χ4n) is 1.89. The highest BCUT2D eigenvalue weighted by atomic mass is 16.4. The van der Waals surface area contributed by atoms with Crippen LogP contribution in [0.25, 0.3) is 11.3 Å². The lowest BCUT2D eigenvalue weighted by atomic mass is 10.0. The molecule has 1 N–H and O–H groups in total. The number of hydrogen-bond acceptors (Lipinski definition) is 2. The van der Waals surface area contributed by atoms with Gasteiger partial charge in [0.25, 0.3) is 0 Å². The van der Waals surface area contributed by atoms with Gasteiger partial charge in [-0.25, -0.2) is 0 Å². The lowest BCUT2D eigenvalue weighted by Crippen LogP contribution is -2.00. The number of pyridine rings is 1. The molecule has 0 atom stereocenters. The summed E-state index contributed by atoms with van der Waals surface area (Å²) in [6, 6.07) is 9.79. The van der Waals surface area contributed by atoms with Crippen molar-refractivity contribution in [3.8, 4) is 11.3 Å². The second-order valence-corrected chi connectivity index (χ2v) is 4.37. The molecule has 0 saturated heterocycles. The monoisotopic (exact) mass is 241 g/mol. The van der Waals surface area contributed by atoms with Gasteiger partial charge in [-0.3, -0.25) is 9.78 Å². The minimum absolute atomic E-state index is 0.0140. The van der Waals surface area contributed by atoms with Crippen LogP contribution in [-0.4, -0.2) is 16.1 Å². The maximum atomic E-state index is 10.6. The van der Waals surface area contributed by atoms with Crippen LogP contribution in [-0.2, 0) is 11.2 Å². The van der Waals surface area contributed by atoms with Gasteiger partial charge in [0, 0.05) is 11.8 Å². The van der Waals surface area contributed by atoms with Crippen molar-refractivity contribution < 1.29 is 9.90 Å². The predicted molar refractivity (Wildman–Crippen MR) is 70.5 cm³/mol. The molecule has 0 saturated carbocycles. The lowest BCUT2D eigenvalue weighted by Gasteiger charge is -2.08. The van der Waals surface area contributed by atoms with Gasteiger partial charge in [-0.05, 0) is 36.6 Å². The number of aryl methyl sites for hydroxylation is 1. The predicted octanol–water partition coefficient (Wildman–Crippen LogP) is 2.99. The molecule has 0 unspecified atom stereocenters. The van der Waals surface area contributed by atoms with E-state index in [2.05, 4.69) is 24.9 Å². The standard InChI is InChI=1S/C15H15NO2/c1-10-4-3-5-13(11(10)2)14-7-6-12(9-16-14)8-15(17)18/h3-7,9H,8H2,1-2H3,(H,17,18). The van der Waals surface area contributed by atoms with Gasteiger partial charge < -0.3 is 5.11 Å². The topological polar surface area (TPSA) is 50.2 Å². The largest absolute Gasteiger partial charge is 0.481 e. The first kappa shape index (κ1) is 12.3. The van der Waals surface area contributed by atoms with Gasteiger partial charge in [0.1, 0.15) is 0 Å². The molecule has 3 heteroatoms. The molecule has 0 spiro atoms. The molecule has 0 amide bonds. The second-order valence-electron chi connectivity index (χ2n) is 4.37. The third-order valence-corrected chi connectivity index (χ3v) is 3.06.